The lowest BCUT2D eigenvalue weighted by atomic mass is 10.1. The first-order chi connectivity index (χ1) is 16.6. The Morgan fingerprint density at radius 3 is 2.31 bits per heavy atom. The number of nitrogens with one attached hydrogen (secondary N) is 2. The van der Waals surface area contributed by atoms with E-state index in [1.165, 1.54) is 4.31 Å². The molecule has 3 aromatic carbocycles. The average Bonchev–Trinajstić information content (AvgIpc) is 2.82. The molecule has 8 heteroatoms. The summed E-state index contributed by atoms with van der Waals surface area (Å²) < 4.78 is 25.9. The van der Waals surface area contributed by atoms with Crippen LogP contribution in [0.3, 0.4) is 0 Å². The minimum atomic E-state index is -3.50. The maximum Gasteiger partial charge on any atom is 0.253 e. The van der Waals surface area contributed by atoms with E-state index in [1.54, 1.807) is 42.5 Å². The van der Waals surface area contributed by atoms with E-state index < -0.39 is 10.0 Å². The molecule has 0 radical (unpaired) electrons. The number of sulfonamides is 1. The fraction of sp³-hybridized carbons (Fsp3) is 0.259. The summed E-state index contributed by atoms with van der Waals surface area (Å²) in [6, 6.07) is 23.5. The molecule has 0 bridgehead atoms. The van der Waals surface area contributed by atoms with Gasteiger partial charge in [0.05, 0.1) is 29.2 Å². The third-order valence-corrected chi connectivity index (χ3v) is 6.74. The number of hydrogen-bond acceptors (Lipinski definition) is 4. The highest BCUT2D eigenvalue weighted by Gasteiger charge is 2.19. The number of benzene rings is 3. The van der Waals surface area contributed by atoms with E-state index in [1.807, 2.05) is 50.2 Å². The van der Waals surface area contributed by atoms with Crippen molar-refractivity contribution in [3.8, 4) is 0 Å². The lowest BCUT2D eigenvalue weighted by molar-refractivity contribution is -0.116. The van der Waals surface area contributed by atoms with Gasteiger partial charge in [-0.25, -0.2) is 8.42 Å². The first-order valence-corrected chi connectivity index (χ1v) is 13.3. The van der Waals surface area contributed by atoms with Crippen LogP contribution >= 0.6 is 0 Å². The number of carbonyl (C=O) groups excluding carboxylic acids is 2. The molecular formula is C27H31N3O4S. The number of hydrogen-bond donors (Lipinski definition) is 2. The standard InChI is InChI=1S/C27H31N3O4S/c1-20-11-9-14-23(19-20)30(35(3,33)34)18-10-17-26(31)29-25-16-8-7-15-24(25)27(32)28-21(2)22-12-5-4-6-13-22/h4-9,11-16,19,21H,10,17-18H2,1-3H3,(H,28,32)(H,29,31)/t21-/m1/s1. The fourth-order valence-corrected chi connectivity index (χ4v) is 4.71. The first-order valence-electron chi connectivity index (χ1n) is 11.4. The van der Waals surface area contributed by atoms with Crippen LogP contribution in [0.25, 0.3) is 0 Å². The van der Waals surface area contributed by atoms with Gasteiger partial charge in [-0.15, -0.1) is 0 Å². The van der Waals surface area contributed by atoms with Crippen molar-refractivity contribution in [2.45, 2.75) is 32.7 Å². The van der Waals surface area contributed by atoms with Crippen molar-refractivity contribution in [3.05, 3.63) is 95.6 Å². The molecule has 0 aliphatic carbocycles. The summed E-state index contributed by atoms with van der Waals surface area (Å²) in [5, 5.41) is 5.76. The Hall–Kier alpha value is -3.65. The molecule has 0 heterocycles. The molecule has 0 unspecified atom stereocenters. The topological polar surface area (TPSA) is 95.6 Å². The van der Waals surface area contributed by atoms with E-state index in [-0.39, 0.29) is 30.8 Å². The normalized spacial score (nSPS) is 12.0. The van der Waals surface area contributed by atoms with Crippen LogP contribution in [0.4, 0.5) is 11.4 Å². The summed E-state index contributed by atoms with van der Waals surface area (Å²) in [5.41, 5.74) is 3.27. The summed E-state index contributed by atoms with van der Waals surface area (Å²) in [4.78, 5) is 25.5. The van der Waals surface area contributed by atoms with Gasteiger partial charge >= 0.3 is 0 Å². The van der Waals surface area contributed by atoms with Crippen molar-refractivity contribution < 1.29 is 18.0 Å². The number of rotatable bonds is 10. The van der Waals surface area contributed by atoms with E-state index in [9.17, 15) is 18.0 Å². The lowest BCUT2D eigenvalue weighted by Gasteiger charge is -2.22. The Balaban J connectivity index is 1.62. The maximum atomic E-state index is 12.9. The van der Waals surface area contributed by atoms with E-state index in [2.05, 4.69) is 10.6 Å². The van der Waals surface area contributed by atoms with Crippen LogP contribution in [0.15, 0.2) is 78.9 Å². The molecule has 184 valence electrons. The van der Waals surface area contributed by atoms with Gasteiger partial charge in [-0.3, -0.25) is 13.9 Å². The highest BCUT2D eigenvalue weighted by atomic mass is 32.2. The molecule has 2 amide bonds. The fourth-order valence-electron chi connectivity index (χ4n) is 3.75. The molecule has 0 aliphatic rings. The van der Waals surface area contributed by atoms with Crippen LogP contribution < -0.4 is 14.9 Å². The molecule has 2 N–H and O–H groups in total. The summed E-state index contributed by atoms with van der Waals surface area (Å²) in [5.74, 6) is -0.584. The van der Waals surface area contributed by atoms with Gasteiger partial charge in [0, 0.05) is 13.0 Å². The zero-order chi connectivity index (χ0) is 25.4. The molecule has 7 nitrogen and oxygen atoms in total. The summed E-state index contributed by atoms with van der Waals surface area (Å²) in [7, 11) is -3.50. The van der Waals surface area contributed by atoms with Gasteiger partial charge in [-0.05, 0) is 55.7 Å². The second-order valence-corrected chi connectivity index (χ2v) is 10.4. The highest BCUT2D eigenvalue weighted by molar-refractivity contribution is 7.92. The van der Waals surface area contributed by atoms with E-state index in [0.717, 1.165) is 17.4 Å². The Morgan fingerprint density at radius 2 is 1.63 bits per heavy atom. The quantitative estimate of drug-likeness (QED) is 0.429. The Morgan fingerprint density at radius 1 is 0.943 bits per heavy atom. The maximum absolute atomic E-state index is 12.9. The molecule has 0 spiro atoms. The molecule has 3 rings (SSSR count). The summed E-state index contributed by atoms with van der Waals surface area (Å²) in [6.45, 7) is 3.97. The van der Waals surface area contributed by atoms with Crippen LogP contribution in [0.5, 0.6) is 0 Å². The molecule has 35 heavy (non-hydrogen) atoms. The van der Waals surface area contributed by atoms with Crippen LogP contribution in [0.1, 0.15) is 47.3 Å². The Bertz CT molecular complexity index is 1280. The Labute approximate surface area is 207 Å². The predicted molar refractivity (Wildman–Crippen MR) is 140 cm³/mol. The van der Waals surface area contributed by atoms with Crippen molar-refractivity contribution in [1.82, 2.24) is 5.32 Å². The van der Waals surface area contributed by atoms with Gasteiger partial charge in [-0.1, -0.05) is 54.6 Å². The number of nitrogens with zero attached hydrogens (tertiary/aromatic N) is 1. The molecule has 0 saturated heterocycles. The zero-order valence-electron chi connectivity index (χ0n) is 20.2. The number of anilines is 2. The molecule has 0 aromatic heterocycles. The number of amides is 2. The third-order valence-electron chi connectivity index (χ3n) is 5.55. The first kappa shape index (κ1) is 26.0. The van der Waals surface area contributed by atoms with E-state index in [4.69, 9.17) is 0 Å². The number of para-hydroxylation sites is 1. The summed E-state index contributed by atoms with van der Waals surface area (Å²) in [6.07, 6.45) is 1.58. The summed E-state index contributed by atoms with van der Waals surface area (Å²) >= 11 is 0. The highest BCUT2D eigenvalue weighted by Crippen LogP contribution is 2.21. The number of aryl methyl sites for hydroxylation is 1. The smallest absolute Gasteiger partial charge is 0.253 e. The number of carbonyl (C=O) groups is 2. The van der Waals surface area contributed by atoms with Crippen LogP contribution in [-0.4, -0.2) is 33.0 Å². The van der Waals surface area contributed by atoms with Gasteiger partial charge in [0.1, 0.15) is 0 Å². The minimum Gasteiger partial charge on any atom is -0.345 e. The van der Waals surface area contributed by atoms with Gasteiger partial charge in [0.25, 0.3) is 5.91 Å². The average molecular weight is 494 g/mol. The molecule has 0 saturated carbocycles. The van der Waals surface area contributed by atoms with Crippen LogP contribution in [0.2, 0.25) is 0 Å². The second-order valence-electron chi connectivity index (χ2n) is 8.48. The van der Waals surface area contributed by atoms with Crippen molar-refractivity contribution in [3.63, 3.8) is 0 Å². The van der Waals surface area contributed by atoms with Crippen LogP contribution in [0, 0.1) is 6.92 Å². The SMILES string of the molecule is Cc1cccc(N(CCCC(=O)Nc2ccccc2C(=O)N[C@H](C)c2ccccc2)S(C)(=O)=O)c1. The molecule has 1 atom stereocenters. The van der Waals surface area contributed by atoms with Crippen molar-refractivity contribution in [1.29, 1.82) is 0 Å². The third kappa shape index (κ3) is 7.42. The minimum absolute atomic E-state index is 0.105. The molecule has 3 aromatic rings. The van der Waals surface area contributed by atoms with Gasteiger partial charge < -0.3 is 10.6 Å². The van der Waals surface area contributed by atoms with Crippen molar-refractivity contribution in [2.75, 3.05) is 22.4 Å². The van der Waals surface area contributed by atoms with Crippen molar-refractivity contribution >= 4 is 33.2 Å². The van der Waals surface area contributed by atoms with Crippen LogP contribution in [-0.2, 0) is 14.8 Å². The molecule has 0 aliphatic heterocycles. The van der Waals surface area contributed by atoms with Gasteiger partial charge in [0.15, 0.2) is 0 Å². The largest absolute Gasteiger partial charge is 0.345 e. The lowest BCUT2D eigenvalue weighted by Crippen LogP contribution is -2.31. The second kappa shape index (κ2) is 11.7. The zero-order valence-corrected chi connectivity index (χ0v) is 21.0. The monoisotopic (exact) mass is 493 g/mol. The van der Waals surface area contributed by atoms with Gasteiger partial charge in [-0.2, -0.15) is 0 Å². The van der Waals surface area contributed by atoms with E-state index >= 15 is 0 Å². The molecule has 0 fully saturated rings. The van der Waals surface area contributed by atoms with E-state index in [0.29, 0.717) is 23.4 Å². The van der Waals surface area contributed by atoms with Gasteiger partial charge in [0.2, 0.25) is 15.9 Å². The predicted octanol–water partition coefficient (Wildman–Crippen LogP) is 4.67. The molecular weight excluding hydrogens is 462 g/mol. The van der Waals surface area contributed by atoms with Crippen molar-refractivity contribution in [2.24, 2.45) is 0 Å². The Kier molecular flexibility index (Phi) is 8.65.